The van der Waals surface area contributed by atoms with Gasteiger partial charge in [-0.25, -0.2) is 18.6 Å². The number of hydrogen-bond donors (Lipinski definition) is 1. The van der Waals surface area contributed by atoms with Crippen LogP contribution in [0.5, 0.6) is 11.6 Å². The maximum atomic E-state index is 14.6. The Morgan fingerprint density at radius 2 is 1.88 bits per heavy atom. The van der Waals surface area contributed by atoms with Crippen LogP contribution in [-0.4, -0.2) is 24.7 Å². The van der Waals surface area contributed by atoms with E-state index in [1.54, 1.807) is 6.92 Å². The van der Waals surface area contributed by atoms with Gasteiger partial charge < -0.3 is 9.30 Å². The van der Waals surface area contributed by atoms with Gasteiger partial charge in [-0.05, 0) is 47.9 Å². The van der Waals surface area contributed by atoms with Crippen LogP contribution in [0, 0.1) is 11.6 Å². The molecule has 0 unspecified atom stereocenters. The van der Waals surface area contributed by atoms with Gasteiger partial charge in [-0.3, -0.25) is 14.3 Å². The maximum absolute atomic E-state index is 14.6. The number of alkyl halides is 3. The predicted octanol–water partition coefficient (Wildman–Crippen LogP) is 4.76. The summed E-state index contributed by atoms with van der Waals surface area (Å²) >= 11 is 0. The second-order valence-electron chi connectivity index (χ2n) is 8.75. The van der Waals surface area contributed by atoms with E-state index in [2.05, 4.69) is 24.6 Å². The highest BCUT2D eigenvalue weighted by molar-refractivity contribution is 5.79. The van der Waals surface area contributed by atoms with Crippen LogP contribution in [0.1, 0.15) is 35.0 Å². The minimum absolute atomic E-state index is 0.000679. The summed E-state index contributed by atoms with van der Waals surface area (Å²) in [5.74, 6) is -3.20. The van der Waals surface area contributed by atoms with E-state index in [4.69, 9.17) is 4.74 Å². The lowest BCUT2D eigenvalue weighted by Gasteiger charge is -2.16. The zero-order valence-electron chi connectivity index (χ0n) is 20.6. The van der Waals surface area contributed by atoms with E-state index in [9.17, 15) is 31.5 Å². The number of pyridine rings is 1. The summed E-state index contributed by atoms with van der Waals surface area (Å²) in [6.45, 7) is 1.67. The van der Waals surface area contributed by atoms with Gasteiger partial charge in [0.05, 0.1) is 23.8 Å². The first-order valence-electron chi connectivity index (χ1n) is 11.8. The summed E-state index contributed by atoms with van der Waals surface area (Å²) in [5.41, 5.74) is -0.849. The van der Waals surface area contributed by atoms with Crippen LogP contribution in [0.25, 0.3) is 10.9 Å². The molecule has 5 rings (SSSR count). The molecule has 0 bridgehead atoms. The molecule has 3 heterocycles. The smallest absolute Gasteiger partial charge is 0.438 e. The molecule has 0 saturated carbocycles. The number of ether oxygens (including phenoxy) is 1. The number of aromatic nitrogens is 5. The van der Waals surface area contributed by atoms with Crippen LogP contribution in [0.4, 0.5) is 22.0 Å². The Morgan fingerprint density at radius 1 is 1.07 bits per heavy atom. The molecule has 0 aliphatic rings. The van der Waals surface area contributed by atoms with Crippen LogP contribution in [0.3, 0.4) is 0 Å². The maximum Gasteiger partial charge on any atom is 0.438 e. The molecule has 0 fully saturated rings. The normalized spacial score (nSPS) is 11.8. The van der Waals surface area contributed by atoms with Crippen molar-refractivity contribution < 1.29 is 31.2 Å². The molecule has 206 valence electrons. The zero-order valence-corrected chi connectivity index (χ0v) is 20.6. The number of halogens is 5. The number of benzene rings is 2. The van der Waals surface area contributed by atoms with Gasteiger partial charge in [0.15, 0.2) is 5.82 Å². The molecule has 3 aromatic heterocycles. The van der Waals surface area contributed by atoms with Crippen molar-refractivity contribution in [2.45, 2.75) is 32.5 Å². The van der Waals surface area contributed by atoms with Crippen molar-refractivity contribution in [2.75, 3.05) is 0 Å². The second-order valence-corrected chi connectivity index (χ2v) is 8.75. The quantitative estimate of drug-likeness (QED) is 0.286. The molecule has 0 amide bonds. The monoisotopic (exact) mass is 559 g/mol. The van der Waals surface area contributed by atoms with Crippen molar-refractivity contribution in [2.24, 2.45) is 0 Å². The number of nitrogens with zero attached hydrogens (tertiary/aromatic N) is 4. The fourth-order valence-electron chi connectivity index (χ4n) is 4.22. The highest BCUT2D eigenvalue weighted by Gasteiger charge is 2.36. The molecule has 14 heteroatoms. The Hall–Kier alpha value is -4.88. The van der Waals surface area contributed by atoms with E-state index < -0.39 is 40.6 Å². The van der Waals surface area contributed by atoms with E-state index in [0.717, 1.165) is 18.3 Å². The summed E-state index contributed by atoms with van der Waals surface area (Å²) in [6, 6.07) is 6.75. The van der Waals surface area contributed by atoms with Crippen molar-refractivity contribution in [3.63, 3.8) is 0 Å². The van der Waals surface area contributed by atoms with Gasteiger partial charge in [0.25, 0.3) is 5.56 Å². The molecule has 0 saturated heterocycles. The second kappa shape index (κ2) is 10.4. The standard InChI is InChI=1S/C26H18F5N5O4/c1-2-14-7-15(27)8-20(28)18(14)11-36-12-33-23(37)17-9-16(3-4-21(17)36)39-24-19(26(29,30)31)5-13(10-32-24)6-22-34-25(38)40-35-22/h3-5,7-10,12H,2,6,11H2,1H3,(H,34,35,38). The van der Waals surface area contributed by atoms with Crippen molar-refractivity contribution in [3.05, 3.63) is 110 Å². The lowest BCUT2D eigenvalue weighted by atomic mass is 10.0. The van der Waals surface area contributed by atoms with Gasteiger partial charge in [-0.1, -0.05) is 12.1 Å². The Balaban J connectivity index is 1.49. The molecule has 1 N–H and O–H groups in total. The van der Waals surface area contributed by atoms with Crippen molar-refractivity contribution in [3.8, 4) is 11.6 Å². The number of aromatic amines is 1. The summed E-state index contributed by atoms with van der Waals surface area (Å²) in [5, 5.41) is 3.42. The average molecular weight is 559 g/mol. The lowest BCUT2D eigenvalue weighted by molar-refractivity contribution is -0.138. The summed E-state index contributed by atoms with van der Waals surface area (Å²) in [4.78, 5) is 33.4. The van der Waals surface area contributed by atoms with Gasteiger partial charge in [-0.2, -0.15) is 18.2 Å². The third-order valence-corrected chi connectivity index (χ3v) is 6.07. The number of rotatable bonds is 7. The largest absolute Gasteiger partial charge is 0.438 e. The third-order valence-electron chi connectivity index (χ3n) is 6.07. The number of nitrogens with one attached hydrogen (secondary N) is 1. The first-order chi connectivity index (χ1) is 19.0. The molecule has 0 aliphatic heterocycles. The first kappa shape index (κ1) is 26.7. The molecular formula is C26H18F5N5O4. The molecule has 5 aromatic rings. The van der Waals surface area contributed by atoms with Gasteiger partial charge >= 0.3 is 11.9 Å². The van der Waals surface area contributed by atoms with Gasteiger partial charge in [0.2, 0.25) is 5.88 Å². The molecule has 40 heavy (non-hydrogen) atoms. The summed E-state index contributed by atoms with van der Waals surface area (Å²) in [6.07, 6.45) is -2.35. The van der Waals surface area contributed by atoms with Gasteiger partial charge in [0.1, 0.15) is 22.9 Å². The number of hydrogen-bond acceptors (Lipinski definition) is 7. The fraction of sp³-hybridized carbons (Fsp3) is 0.192. The van der Waals surface area contributed by atoms with E-state index in [-0.39, 0.29) is 41.1 Å². The molecule has 9 nitrogen and oxygen atoms in total. The lowest BCUT2D eigenvalue weighted by Crippen LogP contribution is -2.15. The molecule has 0 atom stereocenters. The minimum atomic E-state index is -4.85. The van der Waals surface area contributed by atoms with Crippen LogP contribution >= 0.6 is 0 Å². The van der Waals surface area contributed by atoms with Crippen LogP contribution in [-0.2, 0) is 25.6 Å². The molecule has 2 aromatic carbocycles. The van der Waals surface area contributed by atoms with E-state index in [1.165, 1.54) is 35.2 Å². The Bertz CT molecular complexity index is 1840. The number of aryl methyl sites for hydroxylation is 1. The van der Waals surface area contributed by atoms with Gasteiger partial charge in [-0.15, -0.1) is 0 Å². The van der Waals surface area contributed by atoms with Crippen LogP contribution in [0.2, 0.25) is 0 Å². The third kappa shape index (κ3) is 5.46. The molecule has 0 spiro atoms. The molecule has 0 aliphatic carbocycles. The highest BCUT2D eigenvalue weighted by Crippen LogP contribution is 2.38. The molecule has 0 radical (unpaired) electrons. The van der Waals surface area contributed by atoms with E-state index >= 15 is 0 Å². The van der Waals surface area contributed by atoms with Crippen LogP contribution < -0.4 is 16.1 Å². The minimum Gasteiger partial charge on any atom is -0.438 e. The summed E-state index contributed by atoms with van der Waals surface area (Å²) < 4.78 is 81.0. The number of fused-ring (bicyclic) bond motifs is 1. The van der Waals surface area contributed by atoms with Gasteiger partial charge in [0, 0.05) is 24.2 Å². The zero-order chi connectivity index (χ0) is 28.6. The fourth-order valence-corrected chi connectivity index (χ4v) is 4.22. The predicted molar refractivity (Wildman–Crippen MR) is 130 cm³/mol. The van der Waals surface area contributed by atoms with Crippen molar-refractivity contribution >= 4 is 10.9 Å². The topological polar surface area (TPSA) is 116 Å². The highest BCUT2D eigenvalue weighted by atomic mass is 19.4. The van der Waals surface area contributed by atoms with Crippen LogP contribution in [0.15, 0.2) is 63.0 Å². The Kier molecular flexibility index (Phi) is 6.92. The van der Waals surface area contributed by atoms with Crippen molar-refractivity contribution in [1.82, 2.24) is 24.7 Å². The Labute approximate surface area is 220 Å². The SMILES string of the molecule is CCc1cc(F)cc(F)c1Cn1cnc(=O)c2cc(Oc3ncc(Cc4noc(=O)[nH]4)cc3C(F)(F)F)ccc21. The number of H-pyrrole nitrogens is 1. The Morgan fingerprint density at radius 3 is 2.58 bits per heavy atom. The van der Waals surface area contributed by atoms with Crippen molar-refractivity contribution in [1.29, 1.82) is 0 Å². The summed E-state index contributed by atoms with van der Waals surface area (Å²) in [7, 11) is 0. The van der Waals surface area contributed by atoms with E-state index in [0.29, 0.717) is 17.5 Å². The van der Waals surface area contributed by atoms with E-state index in [1.807, 2.05) is 0 Å². The molecular weight excluding hydrogens is 541 g/mol. The first-order valence-corrected chi connectivity index (χ1v) is 11.8. The average Bonchev–Trinajstić information content (AvgIpc) is 3.31.